The molecule has 3 aromatic rings. The van der Waals surface area contributed by atoms with Crippen LogP contribution in [0.1, 0.15) is 24.1 Å². The summed E-state index contributed by atoms with van der Waals surface area (Å²) in [6.07, 6.45) is 1.30. The molecule has 0 bridgehead atoms. The lowest BCUT2D eigenvalue weighted by atomic mass is 9.97. The van der Waals surface area contributed by atoms with Gasteiger partial charge in [0.25, 0.3) is 5.91 Å². The number of anilines is 1. The summed E-state index contributed by atoms with van der Waals surface area (Å²) in [6.45, 7) is 3.89. The third kappa shape index (κ3) is 2.78. The molecular formula is C20H19N3O2. The number of ether oxygens (including phenoxy) is 1. The second kappa shape index (κ2) is 6.09. The minimum atomic E-state index is -0.531. The van der Waals surface area contributed by atoms with Gasteiger partial charge in [-0.3, -0.25) is 4.79 Å². The Kier molecular flexibility index (Phi) is 3.76. The van der Waals surface area contributed by atoms with Gasteiger partial charge < -0.3 is 10.1 Å². The Balaban J connectivity index is 1.54. The molecule has 0 radical (unpaired) electrons. The quantitative estimate of drug-likeness (QED) is 0.795. The summed E-state index contributed by atoms with van der Waals surface area (Å²) in [6, 6.07) is 17.6. The number of nitrogens with one attached hydrogen (secondary N) is 1. The summed E-state index contributed by atoms with van der Waals surface area (Å²) in [5, 5.41) is 7.44. The number of para-hydroxylation sites is 2. The fourth-order valence-corrected chi connectivity index (χ4v) is 3.15. The first kappa shape index (κ1) is 15.4. The van der Waals surface area contributed by atoms with E-state index in [1.165, 1.54) is 0 Å². The SMILES string of the molecule is Cc1nn(-c2ccccc2)cc1NC(=O)[C@@H]1Oc2ccccc2[C@@H]1C. The van der Waals surface area contributed by atoms with Crippen LogP contribution >= 0.6 is 0 Å². The molecule has 0 saturated heterocycles. The molecule has 4 rings (SSSR count). The van der Waals surface area contributed by atoms with E-state index in [4.69, 9.17) is 4.74 Å². The molecular weight excluding hydrogens is 314 g/mol. The molecule has 1 aliphatic rings. The fourth-order valence-electron chi connectivity index (χ4n) is 3.15. The maximum Gasteiger partial charge on any atom is 0.266 e. The normalized spacial score (nSPS) is 18.5. The zero-order chi connectivity index (χ0) is 17.4. The van der Waals surface area contributed by atoms with Gasteiger partial charge in [0.05, 0.1) is 23.3 Å². The number of aromatic nitrogens is 2. The molecule has 2 aromatic carbocycles. The van der Waals surface area contributed by atoms with Crippen LogP contribution in [-0.2, 0) is 4.79 Å². The van der Waals surface area contributed by atoms with E-state index < -0.39 is 6.10 Å². The lowest BCUT2D eigenvalue weighted by Gasteiger charge is -2.14. The van der Waals surface area contributed by atoms with Gasteiger partial charge in [0.1, 0.15) is 5.75 Å². The van der Waals surface area contributed by atoms with Crippen molar-refractivity contribution in [2.45, 2.75) is 25.9 Å². The number of carbonyl (C=O) groups excluding carboxylic acids is 1. The summed E-state index contributed by atoms with van der Waals surface area (Å²) < 4.78 is 7.61. The van der Waals surface area contributed by atoms with Crippen molar-refractivity contribution in [3.05, 3.63) is 72.1 Å². The molecule has 0 saturated carbocycles. The van der Waals surface area contributed by atoms with Crippen molar-refractivity contribution >= 4 is 11.6 Å². The Labute approximate surface area is 146 Å². The molecule has 0 unspecified atom stereocenters. The second-order valence-corrected chi connectivity index (χ2v) is 6.26. The van der Waals surface area contributed by atoms with Crippen molar-refractivity contribution < 1.29 is 9.53 Å². The fraction of sp³-hybridized carbons (Fsp3) is 0.200. The van der Waals surface area contributed by atoms with Gasteiger partial charge in [-0.1, -0.05) is 43.3 Å². The molecule has 126 valence electrons. The Morgan fingerprint density at radius 1 is 1.12 bits per heavy atom. The standard InChI is InChI=1S/C20H19N3O2/c1-13-16-10-6-7-11-18(16)25-19(13)20(24)21-17-12-23(22-14(17)2)15-8-4-3-5-9-15/h3-13,19H,1-2H3,(H,21,24)/t13-,19+/m0/s1. The second-order valence-electron chi connectivity index (χ2n) is 6.26. The average Bonchev–Trinajstić information content (AvgIpc) is 3.17. The Morgan fingerprint density at radius 2 is 1.84 bits per heavy atom. The van der Waals surface area contributed by atoms with E-state index >= 15 is 0 Å². The number of hydrogen-bond acceptors (Lipinski definition) is 3. The van der Waals surface area contributed by atoms with Crippen molar-refractivity contribution in [2.75, 3.05) is 5.32 Å². The highest BCUT2D eigenvalue weighted by molar-refractivity contribution is 5.96. The summed E-state index contributed by atoms with van der Waals surface area (Å²) in [4.78, 5) is 12.7. The van der Waals surface area contributed by atoms with Crippen molar-refractivity contribution in [1.29, 1.82) is 0 Å². The topological polar surface area (TPSA) is 56.2 Å². The van der Waals surface area contributed by atoms with E-state index in [0.29, 0.717) is 5.69 Å². The Hall–Kier alpha value is -3.08. The lowest BCUT2D eigenvalue weighted by Crippen LogP contribution is -2.33. The number of hydrogen-bond donors (Lipinski definition) is 1. The minimum Gasteiger partial charge on any atom is -0.480 e. The van der Waals surface area contributed by atoms with E-state index in [0.717, 1.165) is 22.7 Å². The van der Waals surface area contributed by atoms with Gasteiger partial charge in [-0.25, -0.2) is 4.68 Å². The molecule has 0 spiro atoms. The van der Waals surface area contributed by atoms with Crippen molar-refractivity contribution in [3.63, 3.8) is 0 Å². The number of fused-ring (bicyclic) bond motifs is 1. The highest BCUT2D eigenvalue weighted by Gasteiger charge is 2.36. The van der Waals surface area contributed by atoms with Crippen molar-refractivity contribution in [3.8, 4) is 11.4 Å². The zero-order valence-corrected chi connectivity index (χ0v) is 14.1. The Bertz CT molecular complexity index is 918. The van der Waals surface area contributed by atoms with Crippen LogP contribution in [0.3, 0.4) is 0 Å². The molecule has 0 aliphatic carbocycles. The van der Waals surface area contributed by atoms with E-state index in [-0.39, 0.29) is 11.8 Å². The maximum atomic E-state index is 12.7. The third-order valence-electron chi connectivity index (χ3n) is 4.55. The van der Waals surface area contributed by atoms with Crippen LogP contribution in [0, 0.1) is 6.92 Å². The average molecular weight is 333 g/mol. The molecule has 0 fully saturated rings. The summed E-state index contributed by atoms with van der Waals surface area (Å²) in [7, 11) is 0. The van der Waals surface area contributed by atoms with Crippen molar-refractivity contribution in [1.82, 2.24) is 9.78 Å². The lowest BCUT2D eigenvalue weighted by molar-refractivity contribution is -0.122. The van der Waals surface area contributed by atoms with E-state index in [1.54, 1.807) is 4.68 Å². The molecule has 2 atom stereocenters. The van der Waals surface area contributed by atoms with Crippen LogP contribution in [0.15, 0.2) is 60.8 Å². The smallest absolute Gasteiger partial charge is 0.266 e. The van der Waals surface area contributed by atoms with Crippen LogP contribution in [0.2, 0.25) is 0 Å². The van der Waals surface area contributed by atoms with Gasteiger partial charge in [0.2, 0.25) is 0 Å². The zero-order valence-electron chi connectivity index (χ0n) is 14.1. The monoisotopic (exact) mass is 333 g/mol. The van der Waals surface area contributed by atoms with Gasteiger partial charge in [0, 0.05) is 11.5 Å². The molecule has 5 nitrogen and oxygen atoms in total. The van der Waals surface area contributed by atoms with Crippen LogP contribution in [-0.4, -0.2) is 21.8 Å². The van der Waals surface area contributed by atoms with Crippen molar-refractivity contribution in [2.24, 2.45) is 0 Å². The largest absolute Gasteiger partial charge is 0.480 e. The molecule has 1 N–H and O–H groups in total. The number of nitrogens with zero attached hydrogens (tertiary/aromatic N) is 2. The highest BCUT2D eigenvalue weighted by atomic mass is 16.5. The summed E-state index contributed by atoms with van der Waals surface area (Å²) in [5.74, 6) is 0.645. The number of benzene rings is 2. The molecule has 1 amide bonds. The van der Waals surface area contributed by atoms with Gasteiger partial charge in [0.15, 0.2) is 6.10 Å². The van der Waals surface area contributed by atoms with E-state index in [9.17, 15) is 4.79 Å². The molecule has 25 heavy (non-hydrogen) atoms. The van der Waals surface area contributed by atoms with Gasteiger partial charge in [-0.05, 0) is 25.1 Å². The van der Waals surface area contributed by atoms with Gasteiger partial charge >= 0.3 is 0 Å². The van der Waals surface area contributed by atoms with Gasteiger partial charge in [-0.15, -0.1) is 0 Å². The number of amides is 1. The first-order valence-corrected chi connectivity index (χ1v) is 8.31. The minimum absolute atomic E-state index is 0.0145. The maximum absolute atomic E-state index is 12.7. The van der Waals surface area contributed by atoms with E-state index in [2.05, 4.69) is 10.4 Å². The third-order valence-corrected chi connectivity index (χ3v) is 4.55. The number of rotatable bonds is 3. The van der Waals surface area contributed by atoms with Crippen LogP contribution < -0.4 is 10.1 Å². The molecule has 1 aromatic heterocycles. The highest BCUT2D eigenvalue weighted by Crippen LogP contribution is 2.38. The van der Waals surface area contributed by atoms with Crippen LogP contribution in [0.25, 0.3) is 5.69 Å². The van der Waals surface area contributed by atoms with E-state index in [1.807, 2.05) is 74.6 Å². The Morgan fingerprint density at radius 3 is 2.60 bits per heavy atom. The first-order valence-electron chi connectivity index (χ1n) is 8.31. The molecule has 5 heteroatoms. The predicted octanol–water partition coefficient (Wildman–Crippen LogP) is 3.68. The number of carbonyl (C=O) groups is 1. The summed E-state index contributed by atoms with van der Waals surface area (Å²) in [5.41, 5.74) is 3.48. The van der Waals surface area contributed by atoms with Crippen LogP contribution in [0.4, 0.5) is 5.69 Å². The predicted molar refractivity (Wildman–Crippen MR) is 96.2 cm³/mol. The molecule has 2 heterocycles. The first-order chi connectivity index (χ1) is 12.1. The summed E-state index contributed by atoms with van der Waals surface area (Å²) >= 11 is 0. The van der Waals surface area contributed by atoms with Crippen LogP contribution in [0.5, 0.6) is 5.75 Å². The molecule has 1 aliphatic heterocycles. The van der Waals surface area contributed by atoms with Gasteiger partial charge in [-0.2, -0.15) is 5.10 Å². The number of aryl methyl sites for hydroxylation is 1.